The van der Waals surface area contributed by atoms with Crippen LogP contribution in [0.1, 0.15) is 32.6 Å². The molecule has 0 radical (unpaired) electrons. The Morgan fingerprint density at radius 2 is 2.29 bits per heavy atom. The molecule has 1 amide bonds. The van der Waals surface area contributed by atoms with Crippen molar-refractivity contribution >= 4 is 11.9 Å². The fourth-order valence-corrected chi connectivity index (χ4v) is 2.57. The molecule has 0 bridgehead atoms. The molecule has 1 fully saturated rings. The molecule has 17 heavy (non-hydrogen) atoms. The number of carbonyl (C=O) groups excluding carboxylic acids is 1. The second-order valence-electron chi connectivity index (χ2n) is 5.40. The topological polar surface area (TPSA) is 57.6 Å². The molecule has 1 N–H and O–H groups in total. The minimum atomic E-state index is -0.798. The largest absolute Gasteiger partial charge is 0.481 e. The van der Waals surface area contributed by atoms with Crippen molar-refractivity contribution in [1.82, 2.24) is 4.90 Å². The maximum Gasteiger partial charge on any atom is 0.311 e. The van der Waals surface area contributed by atoms with Gasteiger partial charge in [0.1, 0.15) is 0 Å². The normalized spacial score (nSPS) is 32.1. The number of hydrogen-bond donors (Lipinski definition) is 1. The van der Waals surface area contributed by atoms with Crippen LogP contribution in [0.15, 0.2) is 12.2 Å². The van der Waals surface area contributed by atoms with Gasteiger partial charge in [-0.3, -0.25) is 9.59 Å². The molecule has 2 atom stereocenters. The molecule has 1 heterocycles. The summed E-state index contributed by atoms with van der Waals surface area (Å²) >= 11 is 0. The Labute approximate surface area is 101 Å². The number of hydrogen-bond acceptors (Lipinski definition) is 2. The number of nitrogens with zero attached hydrogens (tertiary/aromatic N) is 1. The highest BCUT2D eigenvalue weighted by Crippen LogP contribution is 2.31. The van der Waals surface area contributed by atoms with Crippen molar-refractivity contribution in [3.05, 3.63) is 12.2 Å². The zero-order valence-corrected chi connectivity index (χ0v) is 10.2. The van der Waals surface area contributed by atoms with Crippen LogP contribution in [0, 0.1) is 11.3 Å². The predicted octanol–water partition coefficient (Wildman–Crippen LogP) is 1.67. The summed E-state index contributed by atoms with van der Waals surface area (Å²) in [5.41, 5.74) is -0.749. The van der Waals surface area contributed by atoms with Crippen molar-refractivity contribution < 1.29 is 14.7 Å². The Hall–Kier alpha value is -1.32. The maximum atomic E-state index is 12.0. The van der Waals surface area contributed by atoms with E-state index in [4.69, 9.17) is 5.11 Å². The van der Waals surface area contributed by atoms with Gasteiger partial charge in [0.15, 0.2) is 0 Å². The van der Waals surface area contributed by atoms with Crippen LogP contribution < -0.4 is 0 Å². The first kappa shape index (κ1) is 12.1. The van der Waals surface area contributed by atoms with Crippen LogP contribution in [0.5, 0.6) is 0 Å². The summed E-state index contributed by atoms with van der Waals surface area (Å²) in [6.45, 7) is 2.66. The summed E-state index contributed by atoms with van der Waals surface area (Å²) in [4.78, 5) is 24.8. The van der Waals surface area contributed by atoms with E-state index in [0.717, 1.165) is 12.8 Å². The third kappa shape index (κ3) is 2.51. The SMILES string of the molecule is C[C@@]1(C(=O)O)CCN(C(=O)C[C@@H]2C=CCC2)C1. The van der Waals surface area contributed by atoms with Crippen LogP contribution in [-0.4, -0.2) is 35.0 Å². The highest BCUT2D eigenvalue weighted by molar-refractivity contribution is 5.80. The monoisotopic (exact) mass is 237 g/mol. The van der Waals surface area contributed by atoms with E-state index in [9.17, 15) is 9.59 Å². The third-order valence-electron chi connectivity index (χ3n) is 3.89. The van der Waals surface area contributed by atoms with Gasteiger partial charge in [0.05, 0.1) is 5.41 Å². The molecule has 1 aliphatic heterocycles. The van der Waals surface area contributed by atoms with Crippen molar-refractivity contribution in [2.75, 3.05) is 13.1 Å². The van der Waals surface area contributed by atoms with Gasteiger partial charge < -0.3 is 10.0 Å². The van der Waals surface area contributed by atoms with E-state index >= 15 is 0 Å². The molecule has 4 heteroatoms. The van der Waals surface area contributed by atoms with E-state index < -0.39 is 11.4 Å². The van der Waals surface area contributed by atoms with Crippen molar-refractivity contribution in [3.63, 3.8) is 0 Å². The standard InChI is InChI=1S/C13H19NO3/c1-13(12(16)17)6-7-14(9-13)11(15)8-10-4-2-3-5-10/h2,4,10H,3,5-9H2,1H3,(H,16,17)/t10-,13-/m1/s1. The highest BCUT2D eigenvalue weighted by atomic mass is 16.4. The zero-order chi connectivity index (χ0) is 12.5. The van der Waals surface area contributed by atoms with Crippen LogP contribution in [-0.2, 0) is 9.59 Å². The summed E-state index contributed by atoms with van der Waals surface area (Å²) in [5, 5.41) is 9.11. The molecule has 0 aromatic heterocycles. The molecule has 1 aliphatic carbocycles. The van der Waals surface area contributed by atoms with Gasteiger partial charge in [-0.1, -0.05) is 12.2 Å². The molecule has 2 rings (SSSR count). The van der Waals surface area contributed by atoms with Crippen LogP contribution in [0.2, 0.25) is 0 Å². The van der Waals surface area contributed by atoms with Gasteiger partial charge in [0, 0.05) is 19.5 Å². The lowest BCUT2D eigenvalue weighted by Crippen LogP contribution is -2.35. The number of amides is 1. The fraction of sp³-hybridized carbons (Fsp3) is 0.692. The Morgan fingerprint density at radius 3 is 2.82 bits per heavy atom. The lowest BCUT2D eigenvalue weighted by Gasteiger charge is -2.21. The molecule has 0 aromatic carbocycles. The molecule has 4 nitrogen and oxygen atoms in total. The van der Waals surface area contributed by atoms with E-state index in [1.165, 1.54) is 0 Å². The second-order valence-corrected chi connectivity index (χ2v) is 5.40. The van der Waals surface area contributed by atoms with Crippen LogP contribution in [0.4, 0.5) is 0 Å². The van der Waals surface area contributed by atoms with Gasteiger partial charge in [-0.05, 0) is 32.1 Å². The minimum Gasteiger partial charge on any atom is -0.481 e. The molecular weight excluding hydrogens is 218 g/mol. The van der Waals surface area contributed by atoms with Crippen molar-refractivity contribution in [2.45, 2.75) is 32.6 Å². The molecule has 0 saturated carbocycles. The number of rotatable bonds is 3. The van der Waals surface area contributed by atoms with E-state index in [1.54, 1.807) is 11.8 Å². The maximum absolute atomic E-state index is 12.0. The number of allylic oxidation sites excluding steroid dienone is 2. The van der Waals surface area contributed by atoms with Crippen molar-refractivity contribution in [3.8, 4) is 0 Å². The molecule has 1 saturated heterocycles. The minimum absolute atomic E-state index is 0.103. The van der Waals surface area contributed by atoms with Gasteiger partial charge >= 0.3 is 5.97 Å². The number of aliphatic carboxylic acids is 1. The van der Waals surface area contributed by atoms with E-state index in [2.05, 4.69) is 12.2 Å². The Morgan fingerprint density at radius 1 is 1.53 bits per heavy atom. The third-order valence-corrected chi connectivity index (χ3v) is 3.89. The molecule has 0 spiro atoms. The molecule has 0 aromatic rings. The van der Waals surface area contributed by atoms with E-state index in [0.29, 0.717) is 31.8 Å². The Bertz CT molecular complexity index is 364. The smallest absolute Gasteiger partial charge is 0.311 e. The van der Waals surface area contributed by atoms with Crippen LogP contribution >= 0.6 is 0 Å². The predicted molar refractivity (Wildman–Crippen MR) is 63.4 cm³/mol. The number of carboxylic acid groups (broad SMARTS) is 1. The van der Waals surface area contributed by atoms with Crippen LogP contribution in [0.3, 0.4) is 0 Å². The van der Waals surface area contributed by atoms with Crippen LogP contribution in [0.25, 0.3) is 0 Å². The summed E-state index contributed by atoms with van der Waals surface area (Å²) < 4.78 is 0. The lowest BCUT2D eigenvalue weighted by atomic mass is 9.90. The molecule has 2 aliphatic rings. The second kappa shape index (κ2) is 4.51. The van der Waals surface area contributed by atoms with Gasteiger partial charge in [-0.15, -0.1) is 0 Å². The summed E-state index contributed by atoms with van der Waals surface area (Å²) in [6, 6.07) is 0. The average molecular weight is 237 g/mol. The zero-order valence-electron chi connectivity index (χ0n) is 10.2. The number of likely N-dealkylation sites (tertiary alicyclic amines) is 1. The summed E-state index contributed by atoms with van der Waals surface area (Å²) in [7, 11) is 0. The van der Waals surface area contributed by atoms with E-state index in [-0.39, 0.29) is 5.91 Å². The quantitative estimate of drug-likeness (QED) is 0.759. The van der Waals surface area contributed by atoms with Crippen molar-refractivity contribution in [1.29, 1.82) is 0 Å². The summed E-state index contributed by atoms with van der Waals surface area (Å²) in [6.07, 6.45) is 7.43. The molecule has 0 unspecified atom stereocenters. The Kier molecular flexibility index (Phi) is 3.22. The number of carbonyl (C=O) groups is 2. The van der Waals surface area contributed by atoms with Crippen molar-refractivity contribution in [2.24, 2.45) is 11.3 Å². The first-order chi connectivity index (χ1) is 8.01. The first-order valence-corrected chi connectivity index (χ1v) is 6.19. The first-order valence-electron chi connectivity index (χ1n) is 6.19. The molecular formula is C13H19NO3. The number of carboxylic acids is 1. The van der Waals surface area contributed by atoms with Gasteiger partial charge in [-0.25, -0.2) is 0 Å². The fourth-order valence-electron chi connectivity index (χ4n) is 2.57. The highest BCUT2D eigenvalue weighted by Gasteiger charge is 2.42. The van der Waals surface area contributed by atoms with E-state index in [1.807, 2.05) is 0 Å². The van der Waals surface area contributed by atoms with Gasteiger partial charge in [-0.2, -0.15) is 0 Å². The van der Waals surface area contributed by atoms with Gasteiger partial charge in [0.2, 0.25) is 5.91 Å². The Balaban J connectivity index is 1.89. The average Bonchev–Trinajstić information content (AvgIpc) is 2.88. The van der Waals surface area contributed by atoms with Gasteiger partial charge in [0.25, 0.3) is 0 Å². The summed E-state index contributed by atoms with van der Waals surface area (Å²) in [5.74, 6) is -0.334. The molecule has 94 valence electrons. The lowest BCUT2D eigenvalue weighted by molar-refractivity contribution is -0.147.